The van der Waals surface area contributed by atoms with Crippen LogP contribution in [-0.4, -0.2) is 49.8 Å². The molecule has 1 N–H and O–H groups in total. The topological polar surface area (TPSA) is 24.5 Å². The van der Waals surface area contributed by atoms with E-state index in [4.69, 9.17) is 4.74 Å². The van der Waals surface area contributed by atoms with Gasteiger partial charge in [0, 0.05) is 19.1 Å². The quantitative estimate of drug-likeness (QED) is 0.702. The van der Waals surface area contributed by atoms with Crippen molar-refractivity contribution in [3.63, 3.8) is 0 Å². The summed E-state index contributed by atoms with van der Waals surface area (Å²) in [5, 5.41) is 3.20. The van der Waals surface area contributed by atoms with Gasteiger partial charge in [-0.05, 0) is 47.2 Å². The summed E-state index contributed by atoms with van der Waals surface area (Å²) < 4.78 is 5.74. The average molecular weight is 214 g/mol. The Hall–Kier alpha value is -0.120. The molecule has 15 heavy (non-hydrogen) atoms. The van der Waals surface area contributed by atoms with Crippen LogP contribution in [-0.2, 0) is 4.74 Å². The second-order valence-corrected chi connectivity index (χ2v) is 4.81. The minimum atomic E-state index is 0.389. The maximum absolute atomic E-state index is 5.74. The van der Waals surface area contributed by atoms with Gasteiger partial charge < -0.3 is 10.1 Å². The van der Waals surface area contributed by atoms with E-state index in [1.54, 1.807) is 0 Å². The van der Waals surface area contributed by atoms with Gasteiger partial charge in [0.05, 0.1) is 12.2 Å². The molecule has 3 atom stereocenters. The zero-order valence-electron chi connectivity index (χ0n) is 10.6. The second kappa shape index (κ2) is 6.46. The van der Waals surface area contributed by atoms with Crippen molar-refractivity contribution in [2.24, 2.45) is 0 Å². The van der Waals surface area contributed by atoms with Gasteiger partial charge in [0.25, 0.3) is 0 Å². The van der Waals surface area contributed by atoms with E-state index in [1.807, 2.05) is 7.05 Å². The molecule has 1 aliphatic heterocycles. The minimum Gasteiger partial charge on any atom is -0.373 e. The molecule has 3 heteroatoms. The summed E-state index contributed by atoms with van der Waals surface area (Å²) in [5.74, 6) is 0. The number of morpholine rings is 1. The fourth-order valence-corrected chi connectivity index (χ4v) is 2.33. The molecule has 0 aromatic carbocycles. The Morgan fingerprint density at radius 1 is 1.33 bits per heavy atom. The standard InChI is InChI=1S/C12H26N2O/c1-10(6-5-7-13-4)14-8-11(2)15-12(3)9-14/h10-13H,5-9H2,1-4H3. The Bertz CT molecular complexity index is 165. The first kappa shape index (κ1) is 12.9. The van der Waals surface area contributed by atoms with Gasteiger partial charge in [-0.1, -0.05) is 0 Å². The molecular weight excluding hydrogens is 188 g/mol. The number of rotatable bonds is 5. The Morgan fingerprint density at radius 3 is 2.47 bits per heavy atom. The van der Waals surface area contributed by atoms with Crippen LogP contribution < -0.4 is 5.32 Å². The number of nitrogens with one attached hydrogen (secondary N) is 1. The molecule has 0 aliphatic carbocycles. The molecule has 3 unspecified atom stereocenters. The maximum Gasteiger partial charge on any atom is 0.0678 e. The molecule has 1 fully saturated rings. The molecule has 1 heterocycles. The van der Waals surface area contributed by atoms with Gasteiger partial charge >= 0.3 is 0 Å². The van der Waals surface area contributed by atoms with Crippen LogP contribution in [0.25, 0.3) is 0 Å². The van der Waals surface area contributed by atoms with Gasteiger partial charge in [0.15, 0.2) is 0 Å². The number of ether oxygens (including phenoxy) is 1. The van der Waals surface area contributed by atoms with E-state index in [2.05, 4.69) is 31.0 Å². The second-order valence-electron chi connectivity index (χ2n) is 4.81. The smallest absolute Gasteiger partial charge is 0.0678 e. The molecule has 0 aromatic rings. The minimum absolute atomic E-state index is 0.389. The molecular formula is C12H26N2O. The molecule has 0 spiro atoms. The molecule has 0 saturated carbocycles. The Balaban J connectivity index is 2.28. The van der Waals surface area contributed by atoms with E-state index >= 15 is 0 Å². The lowest BCUT2D eigenvalue weighted by atomic mass is 10.1. The predicted octanol–water partition coefficient (Wildman–Crippen LogP) is 1.48. The highest BCUT2D eigenvalue weighted by Gasteiger charge is 2.25. The van der Waals surface area contributed by atoms with Crippen LogP contribution in [0.1, 0.15) is 33.6 Å². The van der Waals surface area contributed by atoms with Gasteiger partial charge in [-0.2, -0.15) is 0 Å². The molecule has 0 radical (unpaired) electrons. The highest BCUT2D eigenvalue weighted by molar-refractivity contribution is 4.77. The summed E-state index contributed by atoms with van der Waals surface area (Å²) in [6.07, 6.45) is 3.32. The Labute approximate surface area is 94.2 Å². The van der Waals surface area contributed by atoms with Crippen molar-refractivity contribution in [2.75, 3.05) is 26.7 Å². The number of hydrogen-bond acceptors (Lipinski definition) is 3. The molecule has 90 valence electrons. The van der Waals surface area contributed by atoms with Crippen molar-refractivity contribution < 1.29 is 4.74 Å². The molecule has 3 nitrogen and oxygen atoms in total. The fourth-order valence-electron chi connectivity index (χ4n) is 2.33. The lowest BCUT2D eigenvalue weighted by molar-refractivity contribution is -0.0792. The van der Waals surface area contributed by atoms with E-state index < -0.39 is 0 Å². The van der Waals surface area contributed by atoms with Gasteiger partial charge in [0.2, 0.25) is 0 Å². The van der Waals surface area contributed by atoms with Crippen molar-refractivity contribution in [3.8, 4) is 0 Å². The van der Waals surface area contributed by atoms with Gasteiger partial charge in [-0.3, -0.25) is 4.90 Å². The summed E-state index contributed by atoms with van der Waals surface area (Å²) in [5.41, 5.74) is 0. The summed E-state index contributed by atoms with van der Waals surface area (Å²) >= 11 is 0. The summed E-state index contributed by atoms with van der Waals surface area (Å²) in [4.78, 5) is 2.56. The number of nitrogens with zero attached hydrogens (tertiary/aromatic N) is 1. The first-order chi connectivity index (χ1) is 7.13. The van der Waals surface area contributed by atoms with Gasteiger partial charge in [-0.15, -0.1) is 0 Å². The Morgan fingerprint density at radius 2 is 1.93 bits per heavy atom. The fraction of sp³-hybridized carbons (Fsp3) is 1.00. The van der Waals surface area contributed by atoms with Crippen LogP contribution in [0.4, 0.5) is 0 Å². The van der Waals surface area contributed by atoms with Crippen LogP contribution in [0.2, 0.25) is 0 Å². The van der Waals surface area contributed by atoms with Crippen molar-refractivity contribution in [3.05, 3.63) is 0 Å². The summed E-state index contributed by atoms with van der Waals surface area (Å²) in [6, 6.07) is 0.687. The highest BCUT2D eigenvalue weighted by atomic mass is 16.5. The van der Waals surface area contributed by atoms with Gasteiger partial charge in [-0.25, -0.2) is 0 Å². The maximum atomic E-state index is 5.74. The zero-order chi connectivity index (χ0) is 11.3. The van der Waals surface area contributed by atoms with Crippen LogP contribution in [0, 0.1) is 0 Å². The van der Waals surface area contributed by atoms with Crippen molar-refractivity contribution in [1.82, 2.24) is 10.2 Å². The van der Waals surface area contributed by atoms with Crippen LogP contribution in [0.5, 0.6) is 0 Å². The third-order valence-electron chi connectivity index (χ3n) is 3.12. The van der Waals surface area contributed by atoms with E-state index in [0.29, 0.717) is 18.2 Å². The predicted molar refractivity (Wildman–Crippen MR) is 64.2 cm³/mol. The summed E-state index contributed by atoms with van der Waals surface area (Å²) in [6.45, 7) is 9.97. The lowest BCUT2D eigenvalue weighted by Crippen LogP contribution is -2.49. The van der Waals surface area contributed by atoms with E-state index in [0.717, 1.165) is 19.6 Å². The highest BCUT2D eigenvalue weighted by Crippen LogP contribution is 2.15. The molecule has 1 aliphatic rings. The molecule has 1 saturated heterocycles. The Kier molecular flexibility index (Phi) is 5.58. The molecule has 1 rings (SSSR count). The third kappa shape index (κ3) is 4.49. The van der Waals surface area contributed by atoms with Crippen molar-refractivity contribution in [1.29, 1.82) is 0 Å². The van der Waals surface area contributed by atoms with E-state index in [-0.39, 0.29) is 0 Å². The zero-order valence-corrected chi connectivity index (χ0v) is 10.6. The van der Waals surface area contributed by atoms with Crippen LogP contribution in [0.3, 0.4) is 0 Å². The van der Waals surface area contributed by atoms with E-state index in [9.17, 15) is 0 Å². The molecule has 0 amide bonds. The first-order valence-corrected chi connectivity index (χ1v) is 6.17. The van der Waals surface area contributed by atoms with Crippen LogP contribution >= 0.6 is 0 Å². The third-order valence-corrected chi connectivity index (χ3v) is 3.12. The average Bonchev–Trinajstić information content (AvgIpc) is 2.16. The van der Waals surface area contributed by atoms with Crippen molar-refractivity contribution >= 4 is 0 Å². The number of hydrogen-bond donors (Lipinski definition) is 1. The monoisotopic (exact) mass is 214 g/mol. The van der Waals surface area contributed by atoms with Crippen LogP contribution in [0.15, 0.2) is 0 Å². The molecule has 0 aromatic heterocycles. The first-order valence-electron chi connectivity index (χ1n) is 6.17. The largest absolute Gasteiger partial charge is 0.373 e. The lowest BCUT2D eigenvalue weighted by Gasteiger charge is -2.39. The normalized spacial score (nSPS) is 30.4. The SMILES string of the molecule is CNCCCC(C)N1CC(C)OC(C)C1. The van der Waals surface area contributed by atoms with Crippen molar-refractivity contribution in [2.45, 2.75) is 51.9 Å². The summed E-state index contributed by atoms with van der Waals surface area (Å²) in [7, 11) is 2.02. The van der Waals surface area contributed by atoms with Gasteiger partial charge in [0.1, 0.15) is 0 Å². The molecule has 0 bridgehead atoms. The van der Waals surface area contributed by atoms with E-state index in [1.165, 1.54) is 12.8 Å².